The summed E-state index contributed by atoms with van der Waals surface area (Å²) in [5.41, 5.74) is 1.83. The highest BCUT2D eigenvalue weighted by atomic mass is 16.7. The molecular formula is C37H52N4O11. The maximum atomic E-state index is 14.3. The lowest BCUT2D eigenvalue weighted by Gasteiger charge is -2.50. The number of aliphatic hydroxyl groups excluding tert-OH is 2. The molecule has 3 aliphatic carbocycles. The van der Waals surface area contributed by atoms with Gasteiger partial charge in [-0.3, -0.25) is 24.1 Å². The van der Waals surface area contributed by atoms with Gasteiger partial charge in [0.1, 0.15) is 22.8 Å². The highest BCUT2D eigenvalue weighted by Gasteiger charge is 2.64. The van der Waals surface area contributed by atoms with E-state index < -0.39 is 88.1 Å². The number of fused-ring (bicyclic) bond motifs is 3. The minimum atomic E-state index is -2.77. The highest BCUT2D eigenvalue weighted by Crippen LogP contribution is 2.54. The van der Waals surface area contributed by atoms with Crippen molar-refractivity contribution in [2.75, 3.05) is 46.4 Å². The zero-order chi connectivity index (χ0) is 39.4. The zero-order valence-electron chi connectivity index (χ0n) is 31.6. The number of benzene rings is 1. The molecule has 1 aromatic rings. The van der Waals surface area contributed by atoms with Crippen molar-refractivity contribution in [3.8, 4) is 5.75 Å². The number of esters is 1. The first kappa shape index (κ1) is 40.1. The second-order valence-electron chi connectivity index (χ2n) is 16.8. The Hall–Kier alpha value is -4.63. The zero-order valence-corrected chi connectivity index (χ0v) is 31.6. The minimum absolute atomic E-state index is 0.0489. The fourth-order valence-electron chi connectivity index (χ4n) is 7.55. The van der Waals surface area contributed by atoms with Gasteiger partial charge < -0.3 is 45.4 Å². The third-order valence-electron chi connectivity index (χ3n) is 9.62. The monoisotopic (exact) mass is 728 g/mol. The number of rotatable bonds is 9. The molecule has 4 atom stereocenters. The standard InChI is InChI=1S/C37H52N4O11/c1-35(2,3)14-23(42)51-17-52-34(49)41(16-36(4,5)6)15-19-13-22(39(7)8)20-11-18-12-21-27(40(9)10)30(45)26(33(38)48)32(47)37(21,50)31(46)24(18)29(44)25(20)28(19)43/h13,18,21,27,43-44,47,50H,11-12,14-17H2,1-10H3,(H2,38,48). The molecular weight excluding hydrogens is 676 g/mol. The Balaban J connectivity index is 1.80. The van der Waals surface area contributed by atoms with Crippen molar-refractivity contribution >= 4 is 41.0 Å². The van der Waals surface area contributed by atoms with Gasteiger partial charge in [-0.15, -0.1) is 0 Å². The van der Waals surface area contributed by atoms with Crippen molar-refractivity contribution in [3.63, 3.8) is 0 Å². The number of carbonyl (C=O) groups excluding carboxylic acids is 5. The summed E-state index contributed by atoms with van der Waals surface area (Å²) in [5.74, 6) is -8.00. The van der Waals surface area contributed by atoms with Crippen LogP contribution in [0.15, 0.2) is 23.0 Å². The van der Waals surface area contributed by atoms with Gasteiger partial charge in [0, 0.05) is 43.4 Å². The molecule has 0 bridgehead atoms. The lowest BCUT2D eigenvalue weighted by atomic mass is 9.57. The Kier molecular flexibility index (Phi) is 10.9. The number of nitrogens with two attached hydrogens (primary N) is 1. The summed E-state index contributed by atoms with van der Waals surface area (Å²) >= 11 is 0. The fraction of sp³-hybridized carbons (Fsp3) is 0.595. The number of aliphatic hydroxyl groups is 3. The Bertz CT molecular complexity index is 1750. The molecule has 0 spiro atoms. The summed E-state index contributed by atoms with van der Waals surface area (Å²) in [6.07, 6.45) is -0.657. The number of aromatic hydroxyl groups is 1. The van der Waals surface area contributed by atoms with Crippen LogP contribution < -0.4 is 10.6 Å². The second-order valence-corrected chi connectivity index (χ2v) is 16.8. The average molecular weight is 729 g/mol. The van der Waals surface area contributed by atoms with Gasteiger partial charge in [-0.2, -0.15) is 0 Å². The first-order chi connectivity index (χ1) is 23.8. The molecule has 3 aliphatic rings. The minimum Gasteiger partial charge on any atom is -0.508 e. The van der Waals surface area contributed by atoms with E-state index in [1.807, 2.05) is 41.5 Å². The van der Waals surface area contributed by atoms with Crippen molar-refractivity contribution in [2.45, 2.75) is 79.0 Å². The van der Waals surface area contributed by atoms with Gasteiger partial charge in [0.2, 0.25) is 12.6 Å². The molecule has 286 valence electrons. The molecule has 1 fully saturated rings. The molecule has 0 saturated heterocycles. The number of hydrogen-bond acceptors (Lipinski definition) is 13. The van der Waals surface area contributed by atoms with Crippen molar-refractivity contribution in [2.24, 2.45) is 28.4 Å². The normalized spacial score (nSPS) is 23.2. The van der Waals surface area contributed by atoms with E-state index in [4.69, 9.17) is 15.2 Å². The number of nitrogens with zero attached hydrogens (tertiary/aromatic N) is 3. The maximum Gasteiger partial charge on any atom is 0.412 e. The van der Waals surface area contributed by atoms with Gasteiger partial charge in [0.15, 0.2) is 11.4 Å². The van der Waals surface area contributed by atoms with Gasteiger partial charge in [-0.05, 0) is 55.3 Å². The van der Waals surface area contributed by atoms with Crippen LogP contribution in [0.2, 0.25) is 0 Å². The Morgan fingerprint density at radius 2 is 1.60 bits per heavy atom. The Labute approximate surface area is 303 Å². The molecule has 52 heavy (non-hydrogen) atoms. The molecule has 0 radical (unpaired) electrons. The predicted octanol–water partition coefficient (Wildman–Crippen LogP) is 2.95. The lowest BCUT2D eigenvalue weighted by molar-refractivity contribution is -0.155. The van der Waals surface area contributed by atoms with Crippen molar-refractivity contribution < 1.29 is 53.9 Å². The number of amides is 2. The van der Waals surface area contributed by atoms with Crippen molar-refractivity contribution in [3.05, 3.63) is 39.7 Å². The SMILES string of the molecule is CN(C)c1cc(CN(CC(C)(C)C)C(=O)OCOC(=O)CC(C)(C)C)c(O)c2c1CC1CC3C(N(C)C)C(=O)C(C(N)=O)=C(O)C3(O)C(=O)C1=C2O. The molecule has 0 aliphatic heterocycles. The van der Waals surface area contributed by atoms with Gasteiger partial charge in [0.05, 0.1) is 24.6 Å². The quantitative estimate of drug-likeness (QED) is 0.140. The van der Waals surface area contributed by atoms with Crippen LogP contribution in [0, 0.1) is 22.7 Å². The van der Waals surface area contributed by atoms with Crippen molar-refractivity contribution in [1.29, 1.82) is 0 Å². The molecule has 0 aromatic heterocycles. The van der Waals surface area contributed by atoms with E-state index in [9.17, 15) is 44.4 Å². The average Bonchev–Trinajstić information content (AvgIpc) is 2.97. The van der Waals surface area contributed by atoms with Gasteiger partial charge in [-0.25, -0.2) is 4.79 Å². The maximum absolute atomic E-state index is 14.3. The molecule has 15 nitrogen and oxygen atoms in total. The van der Waals surface area contributed by atoms with Gasteiger partial charge in [0.25, 0.3) is 5.91 Å². The van der Waals surface area contributed by atoms with E-state index in [2.05, 4.69) is 0 Å². The van der Waals surface area contributed by atoms with Crippen LogP contribution in [0.1, 0.15) is 71.1 Å². The van der Waals surface area contributed by atoms with E-state index in [1.165, 1.54) is 23.9 Å². The summed E-state index contributed by atoms with van der Waals surface area (Å²) in [6, 6.07) is 0.470. The number of Topliss-reactive ketones (excluding diaryl/α,β-unsaturated/α-hetero) is 2. The first-order valence-corrected chi connectivity index (χ1v) is 17.1. The lowest BCUT2D eigenvalue weighted by Crippen LogP contribution is -2.65. The first-order valence-electron chi connectivity index (χ1n) is 17.1. The van der Waals surface area contributed by atoms with Crippen LogP contribution in [0.3, 0.4) is 0 Å². The van der Waals surface area contributed by atoms with Crippen LogP contribution in [-0.2, 0) is 41.6 Å². The molecule has 4 rings (SSSR count). The number of likely N-dealkylation sites (N-methyl/N-ethyl adjacent to an activating group) is 1. The Morgan fingerprint density at radius 1 is 0.981 bits per heavy atom. The van der Waals surface area contributed by atoms with E-state index >= 15 is 0 Å². The number of ether oxygens (including phenoxy) is 2. The molecule has 0 heterocycles. The van der Waals surface area contributed by atoms with E-state index in [0.29, 0.717) is 11.3 Å². The number of ketones is 2. The van der Waals surface area contributed by atoms with Crippen molar-refractivity contribution in [1.82, 2.24) is 9.80 Å². The van der Waals surface area contributed by atoms with Crippen LogP contribution in [0.4, 0.5) is 10.5 Å². The van der Waals surface area contributed by atoms with Gasteiger partial charge >= 0.3 is 12.1 Å². The molecule has 1 aromatic carbocycles. The summed E-state index contributed by atoms with van der Waals surface area (Å²) < 4.78 is 10.4. The topological polar surface area (TPSA) is 220 Å². The highest BCUT2D eigenvalue weighted by molar-refractivity contribution is 6.24. The summed E-state index contributed by atoms with van der Waals surface area (Å²) in [6.45, 7) is 10.6. The molecule has 2 amide bonds. The number of phenols is 1. The molecule has 6 N–H and O–H groups in total. The fourth-order valence-corrected chi connectivity index (χ4v) is 7.55. The largest absolute Gasteiger partial charge is 0.508 e. The molecule has 15 heteroatoms. The van der Waals surface area contributed by atoms with Gasteiger partial charge in [-0.1, -0.05) is 41.5 Å². The molecule has 4 unspecified atom stereocenters. The van der Waals surface area contributed by atoms with E-state index in [0.717, 1.165) is 0 Å². The van der Waals surface area contributed by atoms with Crippen LogP contribution >= 0.6 is 0 Å². The number of carbonyl (C=O) groups is 5. The third-order valence-corrected chi connectivity index (χ3v) is 9.62. The molecule has 1 saturated carbocycles. The number of anilines is 1. The Morgan fingerprint density at radius 3 is 2.12 bits per heavy atom. The summed E-state index contributed by atoms with van der Waals surface area (Å²) in [4.78, 5) is 70.1. The third kappa shape index (κ3) is 7.47. The smallest absolute Gasteiger partial charge is 0.412 e. The summed E-state index contributed by atoms with van der Waals surface area (Å²) in [7, 11) is 6.58. The van der Waals surface area contributed by atoms with E-state index in [1.54, 1.807) is 25.1 Å². The number of hydrogen-bond donors (Lipinski definition) is 5. The van der Waals surface area contributed by atoms with Crippen LogP contribution in [-0.4, -0.2) is 113 Å². The summed E-state index contributed by atoms with van der Waals surface area (Å²) in [5, 5.41) is 46.7. The van der Waals surface area contributed by atoms with E-state index in [-0.39, 0.29) is 54.5 Å². The second kappa shape index (κ2) is 14.1. The van der Waals surface area contributed by atoms with Crippen LogP contribution in [0.5, 0.6) is 5.75 Å². The number of phenolic OH excluding ortho intramolecular Hbond substituents is 1. The van der Waals surface area contributed by atoms with Crippen LogP contribution in [0.25, 0.3) is 5.76 Å². The number of primary amides is 1. The predicted molar refractivity (Wildman–Crippen MR) is 190 cm³/mol.